The van der Waals surface area contributed by atoms with E-state index in [0.717, 1.165) is 31.2 Å². The van der Waals surface area contributed by atoms with Gasteiger partial charge >= 0.3 is 5.97 Å². The van der Waals surface area contributed by atoms with Crippen LogP contribution in [0.2, 0.25) is 0 Å². The molecular formula is C11H14N2O2. The maximum absolute atomic E-state index is 10.9. The average molecular weight is 206 g/mol. The molecule has 4 heteroatoms. The van der Waals surface area contributed by atoms with Crippen molar-refractivity contribution in [2.24, 2.45) is 0 Å². The lowest BCUT2D eigenvalue weighted by atomic mass is 9.77. The van der Waals surface area contributed by atoms with Gasteiger partial charge in [-0.15, -0.1) is 0 Å². The number of carboxylic acid groups (broad SMARTS) is 1. The first-order valence-electron chi connectivity index (χ1n) is 5.20. The van der Waals surface area contributed by atoms with E-state index < -0.39 is 5.97 Å². The predicted octanol–water partition coefficient (Wildman–Crippen LogP) is 1.76. The first-order valence-corrected chi connectivity index (χ1v) is 5.20. The summed E-state index contributed by atoms with van der Waals surface area (Å²) in [5, 5.41) is 8.96. The van der Waals surface area contributed by atoms with E-state index in [0.29, 0.717) is 0 Å². The van der Waals surface area contributed by atoms with Crippen molar-refractivity contribution in [3.05, 3.63) is 24.3 Å². The zero-order chi connectivity index (χ0) is 10.7. The third-order valence-electron chi connectivity index (χ3n) is 3.22. The van der Waals surface area contributed by atoms with Crippen LogP contribution in [-0.4, -0.2) is 21.0 Å². The third-order valence-corrected chi connectivity index (χ3v) is 3.22. The highest BCUT2D eigenvalue weighted by Gasteiger charge is 2.38. The molecule has 0 unspecified atom stereocenters. The largest absolute Gasteiger partial charge is 0.481 e. The minimum Gasteiger partial charge on any atom is -0.481 e. The standard InChI is InChI=1S/C11H14N2O2/c14-10(15)5-11(3-1-2-4-11)9-6-12-8-13-7-9/h6-8H,1-5H2,(H,14,15). The maximum atomic E-state index is 10.9. The Morgan fingerprint density at radius 2 is 1.93 bits per heavy atom. The molecule has 1 aliphatic rings. The van der Waals surface area contributed by atoms with Gasteiger partial charge in [0.25, 0.3) is 0 Å². The molecule has 0 amide bonds. The fraction of sp³-hybridized carbons (Fsp3) is 0.545. The van der Waals surface area contributed by atoms with E-state index in [9.17, 15) is 4.79 Å². The summed E-state index contributed by atoms with van der Waals surface area (Å²) in [6.45, 7) is 0. The van der Waals surface area contributed by atoms with Crippen LogP contribution in [0.3, 0.4) is 0 Å². The SMILES string of the molecule is O=C(O)CC1(c2cncnc2)CCCC1. The minimum atomic E-state index is -0.735. The summed E-state index contributed by atoms with van der Waals surface area (Å²) in [6.07, 6.45) is 9.25. The molecule has 2 rings (SSSR count). The third kappa shape index (κ3) is 1.98. The summed E-state index contributed by atoms with van der Waals surface area (Å²) in [4.78, 5) is 18.8. The van der Waals surface area contributed by atoms with Gasteiger partial charge in [0.15, 0.2) is 0 Å². The number of carbonyl (C=O) groups is 1. The second-order valence-electron chi connectivity index (χ2n) is 4.19. The molecule has 0 spiro atoms. The Balaban J connectivity index is 2.30. The van der Waals surface area contributed by atoms with Crippen LogP contribution >= 0.6 is 0 Å². The fourth-order valence-corrected chi connectivity index (χ4v) is 2.48. The molecule has 80 valence electrons. The Morgan fingerprint density at radius 1 is 1.33 bits per heavy atom. The number of aliphatic carboxylic acids is 1. The molecular weight excluding hydrogens is 192 g/mol. The highest BCUT2D eigenvalue weighted by atomic mass is 16.4. The van der Waals surface area contributed by atoms with E-state index >= 15 is 0 Å². The van der Waals surface area contributed by atoms with Gasteiger partial charge in [-0.25, -0.2) is 9.97 Å². The average Bonchev–Trinajstić information content (AvgIpc) is 2.68. The monoisotopic (exact) mass is 206 g/mol. The summed E-state index contributed by atoms with van der Waals surface area (Å²) in [5.74, 6) is -0.735. The highest BCUT2D eigenvalue weighted by Crippen LogP contribution is 2.43. The first-order chi connectivity index (χ1) is 7.23. The van der Waals surface area contributed by atoms with E-state index in [2.05, 4.69) is 9.97 Å². The van der Waals surface area contributed by atoms with E-state index in [-0.39, 0.29) is 11.8 Å². The Hall–Kier alpha value is -1.45. The molecule has 1 N–H and O–H groups in total. The van der Waals surface area contributed by atoms with Crippen molar-refractivity contribution in [1.82, 2.24) is 9.97 Å². The second kappa shape index (κ2) is 3.96. The first kappa shape index (κ1) is 10.1. The number of aromatic nitrogens is 2. The molecule has 15 heavy (non-hydrogen) atoms. The van der Waals surface area contributed by atoms with Crippen LogP contribution in [0, 0.1) is 0 Å². The lowest BCUT2D eigenvalue weighted by Crippen LogP contribution is -2.26. The van der Waals surface area contributed by atoms with Gasteiger partial charge in [0, 0.05) is 17.8 Å². The maximum Gasteiger partial charge on any atom is 0.304 e. The Labute approximate surface area is 88.4 Å². The quantitative estimate of drug-likeness (QED) is 0.818. The van der Waals surface area contributed by atoms with E-state index in [1.165, 1.54) is 6.33 Å². The summed E-state index contributed by atoms with van der Waals surface area (Å²) in [7, 11) is 0. The zero-order valence-corrected chi connectivity index (χ0v) is 8.52. The summed E-state index contributed by atoms with van der Waals surface area (Å²) in [5.41, 5.74) is 0.762. The van der Waals surface area contributed by atoms with E-state index in [1.54, 1.807) is 12.4 Å². The van der Waals surface area contributed by atoms with Crippen molar-refractivity contribution in [3.8, 4) is 0 Å². The lowest BCUT2D eigenvalue weighted by molar-refractivity contribution is -0.138. The van der Waals surface area contributed by atoms with Crippen LogP contribution in [0.4, 0.5) is 0 Å². The van der Waals surface area contributed by atoms with Gasteiger partial charge in [0.05, 0.1) is 6.42 Å². The van der Waals surface area contributed by atoms with Crippen LogP contribution in [0.15, 0.2) is 18.7 Å². The van der Waals surface area contributed by atoms with Crippen LogP contribution in [-0.2, 0) is 10.2 Å². The van der Waals surface area contributed by atoms with Crippen LogP contribution in [0.25, 0.3) is 0 Å². The molecule has 0 atom stereocenters. The van der Waals surface area contributed by atoms with Gasteiger partial charge in [0.2, 0.25) is 0 Å². The molecule has 1 heterocycles. The topological polar surface area (TPSA) is 63.1 Å². The molecule has 1 fully saturated rings. The second-order valence-corrected chi connectivity index (χ2v) is 4.19. The molecule has 0 bridgehead atoms. The summed E-state index contributed by atoms with van der Waals surface area (Å²) >= 11 is 0. The smallest absolute Gasteiger partial charge is 0.304 e. The minimum absolute atomic E-state index is 0.195. The fourth-order valence-electron chi connectivity index (χ4n) is 2.48. The number of hydrogen-bond donors (Lipinski definition) is 1. The van der Waals surface area contributed by atoms with Crippen LogP contribution < -0.4 is 0 Å². The van der Waals surface area contributed by atoms with Gasteiger partial charge in [0.1, 0.15) is 6.33 Å². The van der Waals surface area contributed by atoms with Gasteiger partial charge < -0.3 is 5.11 Å². The number of carboxylic acids is 1. The Bertz CT molecular complexity index is 345. The van der Waals surface area contributed by atoms with Crippen LogP contribution in [0.5, 0.6) is 0 Å². The lowest BCUT2D eigenvalue weighted by Gasteiger charge is -2.26. The molecule has 1 aliphatic carbocycles. The van der Waals surface area contributed by atoms with Gasteiger partial charge in [-0.05, 0) is 18.4 Å². The van der Waals surface area contributed by atoms with Crippen molar-refractivity contribution in [2.75, 3.05) is 0 Å². The van der Waals surface area contributed by atoms with E-state index in [1.807, 2.05) is 0 Å². The molecule has 4 nitrogen and oxygen atoms in total. The van der Waals surface area contributed by atoms with Crippen molar-refractivity contribution >= 4 is 5.97 Å². The van der Waals surface area contributed by atoms with Crippen molar-refractivity contribution < 1.29 is 9.90 Å². The number of rotatable bonds is 3. The normalized spacial score (nSPS) is 18.9. The summed E-state index contributed by atoms with van der Waals surface area (Å²) in [6, 6.07) is 0. The molecule has 1 saturated carbocycles. The molecule has 1 aromatic heterocycles. The molecule has 0 radical (unpaired) electrons. The molecule has 0 aromatic carbocycles. The summed E-state index contributed by atoms with van der Waals surface area (Å²) < 4.78 is 0. The van der Waals surface area contributed by atoms with Gasteiger partial charge in [-0.1, -0.05) is 12.8 Å². The molecule has 0 aliphatic heterocycles. The van der Waals surface area contributed by atoms with Crippen molar-refractivity contribution in [1.29, 1.82) is 0 Å². The van der Waals surface area contributed by atoms with E-state index in [4.69, 9.17) is 5.11 Å². The van der Waals surface area contributed by atoms with Gasteiger partial charge in [-0.2, -0.15) is 0 Å². The van der Waals surface area contributed by atoms with Crippen LogP contribution in [0.1, 0.15) is 37.7 Å². The van der Waals surface area contributed by atoms with Crippen molar-refractivity contribution in [2.45, 2.75) is 37.5 Å². The number of hydrogen-bond acceptors (Lipinski definition) is 3. The Morgan fingerprint density at radius 3 is 2.47 bits per heavy atom. The highest BCUT2D eigenvalue weighted by molar-refractivity contribution is 5.69. The Kier molecular flexibility index (Phi) is 2.66. The zero-order valence-electron chi connectivity index (χ0n) is 8.52. The number of nitrogens with zero attached hydrogens (tertiary/aromatic N) is 2. The molecule has 0 saturated heterocycles. The molecule has 1 aromatic rings. The predicted molar refractivity (Wildman–Crippen MR) is 54.4 cm³/mol. The van der Waals surface area contributed by atoms with Gasteiger partial charge in [-0.3, -0.25) is 4.79 Å². The van der Waals surface area contributed by atoms with Crippen molar-refractivity contribution in [3.63, 3.8) is 0 Å².